The third kappa shape index (κ3) is 14.5. The Balaban J connectivity index is -0.000000428. The molecule has 0 saturated heterocycles. The van der Waals surface area contributed by atoms with Crippen molar-refractivity contribution in [1.82, 2.24) is 4.98 Å². The van der Waals surface area contributed by atoms with Crippen molar-refractivity contribution in [3.63, 3.8) is 0 Å². The first-order chi connectivity index (χ1) is 16.4. The largest absolute Gasteiger partial charge is 0.197 e. The molecule has 0 aliphatic heterocycles. The van der Waals surface area contributed by atoms with Gasteiger partial charge in [-0.2, -0.15) is 26.3 Å². The van der Waals surface area contributed by atoms with Crippen molar-refractivity contribution in [2.45, 2.75) is 61.3 Å². The Hall–Kier alpha value is -3.52. The van der Waals surface area contributed by atoms with E-state index in [1.807, 2.05) is 27.7 Å². The van der Waals surface area contributed by atoms with Crippen LogP contribution in [0.15, 0.2) is 23.8 Å². The topological polar surface area (TPSA) is 159 Å². The van der Waals surface area contributed by atoms with Crippen molar-refractivity contribution >= 4 is 48.6 Å². The molecule has 0 aromatic carbocycles. The first kappa shape index (κ1) is 35.1. The number of aromatic nitrogens is 1. The first-order valence-corrected chi connectivity index (χ1v) is 13.7. The van der Waals surface area contributed by atoms with Crippen LogP contribution in [0.2, 0.25) is 0 Å². The van der Waals surface area contributed by atoms with Crippen LogP contribution < -0.4 is 0 Å². The van der Waals surface area contributed by atoms with E-state index >= 15 is 0 Å². The van der Waals surface area contributed by atoms with Gasteiger partial charge in [0.1, 0.15) is 6.42 Å². The van der Waals surface area contributed by atoms with Gasteiger partial charge in [-0.3, -0.25) is 0 Å². The number of nitriles is 6. The van der Waals surface area contributed by atoms with Gasteiger partial charge in [0.05, 0.1) is 30.3 Å². The van der Waals surface area contributed by atoms with Crippen LogP contribution >= 0.6 is 0 Å². The predicted molar refractivity (Wildman–Crippen MR) is 139 cm³/mol. The van der Waals surface area contributed by atoms with Crippen LogP contribution in [0.1, 0.15) is 56.8 Å². The van der Waals surface area contributed by atoms with Gasteiger partial charge in [-0.05, 0) is 6.92 Å². The number of rotatable bonds is 1. The Bertz CT molecular complexity index is 1240. The Morgan fingerprint density at radius 2 is 1.38 bits per heavy atom. The summed E-state index contributed by atoms with van der Waals surface area (Å²) in [6.07, 6.45) is 1.80. The van der Waals surface area contributed by atoms with Crippen LogP contribution in [0.5, 0.6) is 0 Å². The van der Waals surface area contributed by atoms with E-state index in [0.29, 0.717) is 41.0 Å². The number of allylic oxidation sites excluding steroid dienone is 2. The summed E-state index contributed by atoms with van der Waals surface area (Å²) in [6.45, 7) is 13.2. The van der Waals surface area contributed by atoms with Gasteiger partial charge in [0.15, 0.2) is 0 Å². The minimum absolute atomic E-state index is 0. The second-order valence-corrected chi connectivity index (χ2v) is 10.3. The van der Waals surface area contributed by atoms with Crippen molar-refractivity contribution in [3.05, 3.63) is 32.7 Å². The van der Waals surface area contributed by atoms with Crippen molar-refractivity contribution in [2.24, 2.45) is 0 Å². The van der Waals surface area contributed by atoms with Crippen molar-refractivity contribution in [1.29, 1.82) is 31.6 Å². The Morgan fingerprint density at radius 3 is 1.76 bits per heavy atom. The normalized spacial score (nSPS) is 8.09. The minimum atomic E-state index is 0. The van der Waals surface area contributed by atoms with Gasteiger partial charge in [-0.1, -0.05) is 27.7 Å². The maximum atomic E-state index is 8.68. The molecule has 176 valence electrons. The number of H-pyrrole nitrogens is 1. The summed E-state index contributed by atoms with van der Waals surface area (Å²) in [4.78, 5) is 3.46. The molecule has 0 bridgehead atoms. The number of hydrogen-bond acceptors (Lipinski definition) is 6. The molecule has 0 aliphatic carbocycles. The van der Waals surface area contributed by atoms with Crippen LogP contribution in [0.4, 0.5) is 0 Å². The van der Waals surface area contributed by atoms with Crippen LogP contribution in [0.3, 0.4) is 0 Å². The molecule has 0 amide bonds. The average molecular weight is 585 g/mol. The minimum Gasteiger partial charge on any atom is -0.197 e. The fraction of sp³-hybridized carbons (Fsp3) is 0.360. The molecule has 9 heteroatoms. The third-order valence-electron chi connectivity index (χ3n) is 2.98. The number of aryl methyl sites for hydroxylation is 1. The van der Waals surface area contributed by atoms with Crippen molar-refractivity contribution < 1.29 is 0 Å². The van der Waals surface area contributed by atoms with E-state index in [0.717, 1.165) is 0 Å². The van der Waals surface area contributed by atoms with E-state index in [2.05, 4.69) is 30.1 Å². The van der Waals surface area contributed by atoms with Crippen LogP contribution in [-0.2, 0) is 6.42 Å². The summed E-state index contributed by atoms with van der Waals surface area (Å²) in [5.74, 6) is 0. The Labute approximate surface area is 214 Å². The summed E-state index contributed by atoms with van der Waals surface area (Å²) in [6, 6.07) is 15.3. The van der Waals surface area contributed by atoms with E-state index in [1.165, 1.54) is 37.2 Å². The zero-order valence-electron chi connectivity index (χ0n) is 20.6. The quantitative estimate of drug-likeness (QED) is 0.281. The monoisotopic (exact) mass is 587 g/mol. The smallest absolute Gasteiger partial charge is 0.122 e. The Morgan fingerprint density at radius 1 is 0.882 bits per heavy atom. The molecule has 0 spiro atoms. The molecule has 3 aromatic rings. The molecule has 34 heavy (non-hydrogen) atoms. The molecule has 0 saturated carbocycles. The number of nitrogens with one attached hydrogen (secondary N) is 1. The van der Waals surface area contributed by atoms with Crippen molar-refractivity contribution in [2.75, 3.05) is 0 Å². The van der Waals surface area contributed by atoms with Crippen LogP contribution in [0.25, 0.3) is 19.6 Å². The number of hydrogen-bond donors (Lipinski definition) is 1. The van der Waals surface area contributed by atoms with Gasteiger partial charge in [0.25, 0.3) is 0 Å². The summed E-state index contributed by atoms with van der Waals surface area (Å²) in [7, 11) is 0. The van der Waals surface area contributed by atoms with Gasteiger partial charge in [0.2, 0.25) is 0 Å². The van der Waals surface area contributed by atoms with Crippen LogP contribution in [-0.4, -0.2) is 34.0 Å². The van der Waals surface area contributed by atoms with E-state index in [1.54, 1.807) is 41.5 Å². The molecule has 3 aromatic heterocycles. The maximum Gasteiger partial charge on any atom is 0.122 e. The fourth-order valence-electron chi connectivity index (χ4n) is 1.95. The Kier molecular flexibility index (Phi) is 24.9. The zero-order chi connectivity index (χ0) is 26.9. The molecular formula is C25H29N7Se2. The standard InChI is InChI=1S/C11H8N2Se2.C5H4N2.C3H2N2.C2H3N.2C2H6/c1-6-4-8-10(14-6)11-9(13-8)5-7(15-11)2-3-12;1-5(4-7)2-3-6;4-2-1-3-5;1-2-3;2*1-2/h4-5,13H,2H2,1H3;2H,1H3;1H2;1H3;2*1-2H3/b;5-2+;;;;. The van der Waals surface area contributed by atoms with E-state index < -0.39 is 0 Å². The SMILES string of the molecule is C/C(C#N)=C\C#N.CC.CC.CC#N.Cc1cc2[nH]c3cc(CC#N)[se]c3c2[se]1.N#CCC#N. The summed E-state index contributed by atoms with van der Waals surface area (Å²) in [5.41, 5.74) is 3.05. The van der Waals surface area contributed by atoms with E-state index in [-0.39, 0.29) is 6.42 Å². The summed E-state index contributed by atoms with van der Waals surface area (Å²) in [5, 5.41) is 47.1. The molecule has 0 radical (unpaired) electrons. The van der Waals surface area contributed by atoms with Crippen molar-refractivity contribution in [3.8, 4) is 36.4 Å². The molecule has 0 fully saturated rings. The van der Waals surface area contributed by atoms with E-state index in [9.17, 15) is 0 Å². The molecular weight excluding hydrogens is 556 g/mol. The fourth-order valence-corrected chi connectivity index (χ4v) is 6.89. The number of fused-ring (bicyclic) bond motifs is 3. The molecule has 7 nitrogen and oxygen atoms in total. The van der Waals surface area contributed by atoms with Gasteiger partial charge >= 0.3 is 99.2 Å². The molecule has 1 N–H and O–H groups in total. The van der Waals surface area contributed by atoms with Gasteiger partial charge in [-0.15, -0.1) is 0 Å². The number of nitrogens with zero attached hydrogens (tertiary/aromatic N) is 6. The van der Waals surface area contributed by atoms with Gasteiger partial charge in [-0.25, -0.2) is 0 Å². The van der Waals surface area contributed by atoms with Crippen LogP contribution in [0, 0.1) is 74.9 Å². The molecule has 0 aliphatic rings. The maximum absolute atomic E-state index is 8.68. The predicted octanol–water partition coefficient (Wildman–Crippen LogP) is 5.80. The van der Waals surface area contributed by atoms with Gasteiger partial charge in [0, 0.05) is 18.6 Å². The zero-order valence-corrected chi connectivity index (χ0v) is 24.1. The summed E-state index contributed by atoms with van der Waals surface area (Å²) >= 11 is 0.923. The second kappa shape index (κ2) is 24.1. The molecule has 0 unspecified atom stereocenters. The molecule has 3 rings (SSSR count). The average Bonchev–Trinajstić information content (AvgIpc) is 3.49. The second-order valence-electron chi connectivity index (χ2n) is 5.30. The van der Waals surface area contributed by atoms with E-state index in [4.69, 9.17) is 31.6 Å². The summed E-state index contributed by atoms with van der Waals surface area (Å²) < 4.78 is 5.86. The molecule has 3 heterocycles. The first-order valence-electron chi connectivity index (χ1n) is 10.3. The number of aromatic amines is 1. The van der Waals surface area contributed by atoms with Gasteiger partial charge < -0.3 is 0 Å². The third-order valence-corrected chi connectivity index (χ3v) is 8.30. The molecule has 0 atom stereocenters.